The van der Waals surface area contributed by atoms with Crippen LogP contribution in [0.5, 0.6) is 0 Å². The number of carbonyl (C=O) groups is 2. The number of hydrogen-bond donors (Lipinski definition) is 0. The van der Waals surface area contributed by atoms with Gasteiger partial charge in [-0.1, -0.05) is 11.8 Å². The van der Waals surface area contributed by atoms with E-state index in [9.17, 15) is 9.59 Å². The van der Waals surface area contributed by atoms with E-state index >= 15 is 0 Å². The maximum atomic E-state index is 10.9. The van der Waals surface area contributed by atoms with E-state index in [4.69, 9.17) is 9.78 Å². The molecule has 0 aromatic carbocycles. The Morgan fingerprint density at radius 1 is 0.731 bits per heavy atom. The summed E-state index contributed by atoms with van der Waals surface area (Å²) < 4.78 is 8.93. The Morgan fingerprint density at radius 2 is 1.08 bits per heavy atom. The van der Waals surface area contributed by atoms with Crippen molar-refractivity contribution >= 4 is 12.3 Å². The second-order valence-corrected chi connectivity index (χ2v) is 5.36. The van der Waals surface area contributed by atoms with Gasteiger partial charge in [0.1, 0.15) is 0 Å². The van der Waals surface area contributed by atoms with Crippen LogP contribution in [-0.2, 0) is 39.1 Å². The van der Waals surface area contributed by atoms with E-state index in [1.165, 1.54) is 0 Å². The maximum absolute atomic E-state index is 10.9. The van der Waals surface area contributed by atoms with Crippen molar-refractivity contribution < 1.29 is 48.7 Å². The Hall–Kier alpha value is -2.50. The van der Waals surface area contributed by atoms with Crippen molar-refractivity contribution in [2.45, 2.75) is 52.7 Å². The molecule has 0 aromatic rings. The molecule has 0 fully saturated rings. The van der Waals surface area contributed by atoms with Crippen molar-refractivity contribution in [3.05, 3.63) is 0 Å². The highest BCUT2D eigenvalue weighted by Crippen LogP contribution is 2.09. The molecule has 0 saturated heterocycles. The van der Waals surface area contributed by atoms with E-state index in [2.05, 4.69) is 53.0 Å². The third-order valence-corrected chi connectivity index (χ3v) is 2.00. The van der Waals surface area contributed by atoms with Crippen molar-refractivity contribution in [1.29, 1.82) is 0 Å². The highest BCUT2D eigenvalue weighted by atomic mass is 17.5. The maximum Gasteiger partial charge on any atom is 0.542 e. The van der Waals surface area contributed by atoms with Gasteiger partial charge in [-0.3, -0.25) is 0 Å². The van der Waals surface area contributed by atoms with Gasteiger partial charge in [0.05, 0.1) is 13.2 Å². The fraction of sp³-hybridized carbons (Fsp3) is 0.625. The summed E-state index contributed by atoms with van der Waals surface area (Å²) in [5.41, 5.74) is -2.26. The van der Waals surface area contributed by atoms with Crippen molar-refractivity contribution in [3.63, 3.8) is 0 Å². The minimum atomic E-state index is -1.13. The summed E-state index contributed by atoms with van der Waals surface area (Å²) in [6.45, 7) is 9.68. The molecule has 0 saturated carbocycles. The van der Waals surface area contributed by atoms with Crippen LogP contribution < -0.4 is 0 Å². The average Bonchev–Trinajstić information content (AvgIpc) is 2.52. The molecule has 10 heteroatoms. The van der Waals surface area contributed by atoms with E-state index in [0.717, 1.165) is 0 Å². The Balaban J connectivity index is 4.37. The first-order valence-corrected chi connectivity index (χ1v) is 7.54. The van der Waals surface area contributed by atoms with Gasteiger partial charge >= 0.3 is 12.3 Å². The second kappa shape index (κ2) is 12.0. The van der Waals surface area contributed by atoms with Crippen LogP contribution in [-0.4, -0.2) is 36.7 Å². The molecule has 0 amide bonds. The molecule has 0 radical (unpaired) electrons. The lowest BCUT2D eigenvalue weighted by molar-refractivity contribution is -0.509. The van der Waals surface area contributed by atoms with E-state index in [1.807, 2.05) is 0 Å². The lowest BCUT2D eigenvalue weighted by atomic mass is 10.1. The normalized spacial score (nSPS) is 10.5. The minimum absolute atomic E-state index is 0.132. The third kappa shape index (κ3) is 12.9. The molecule has 10 nitrogen and oxygen atoms in total. The summed E-state index contributed by atoms with van der Waals surface area (Å²) >= 11 is 0. The lowest BCUT2D eigenvalue weighted by Crippen LogP contribution is -2.24. The topological polar surface area (TPSA) is 108 Å². The zero-order chi connectivity index (χ0) is 20.1. The van der Waals surface area contributed by atoms with E-state index < -0.39 is 23.5 Å². The van der Waals surface area contributed by atoms with Gasteiger partial charge in [0, 0.05) is 0 Å². The van der Waals surface area contributed by atoms with E-state index in [-0.39, 0.29) is 13.2 Å². The molecule has 0 aromatic heterocycles. The smallest absolute Gasteiger partial charge is 0.433 e. The fourth-order valence-electron chi connectivity index (χ4n) is 0.949. The third-order valence-electron chi connectivity index (χ3n) is 2.00. The van der Waals surface area contributed by atoms with Crippen LogP contribution in [0, 0.1) is 23.7 Å². The summed E-state index contributed by atoms with van der Waals surface area (Å²) in [6.07, 6.45) is -2.08. The minimum Gasteiger partial charge on any atom is -0.433 e. The molecule has 0 aliphatic carbocycles. The summed E-state index contributed by atoms with van der Waals surface area (Å²) in [6, 6.07) is 0. The predicted molar refractivity (Wildman–Crippen MR) is 84.3 cm³/mol. The van der Waals surface area contributed by atoms with Crippen LogP contribution in [0.25, 0.3) is 0 Å². The zero-order valence-corrected chi connectivity index (χ0v) is 15.5. The summed E-state index contributed by atoms with van der Waals surface area (Å²) in [5, 5.41) is 8.55. The molecule has 146 valence electrons. The van der Waals surface area contributed by atoms with Gasteiger partial charge < -0.3 is 9.47 Å². The SMILES string of the molecule is CCOC(=O)OOOC(C)(C)C#CC#CC(C)(C)OOOC(=O)OCC. The molecular formula is C16H22O10. The average molecular weight is 374 g/mol. The van der Waals surface area contributed by atoms with Crippen molar-refractivity contribution in [1.82, 2.24) is 0 Å². The highest BCUT2D eigenvalue weighted by Gasteiger charge is 2.20. The van der Waals surface area contributed by atoms with Crippen LogP contribution in [0.15, 0.2) is 0 Å². The number of rotatable bonds is 8. The first-order chi connectivity index (χ1) is 12.1. The largest absolute Gasteiger partial charge is 0.542 e. The van der Waals surface area contributed by atoms with Gasteiger partial charge in [0.2, 0.25) is 0 Å². The molecule has 0 heterocycles. The van der Waals surface area contributed by atoms with Crippen molar-refractivity contribution in [2.75, 3.05) is 13.2 Å². The van der Waals surface area contributed by atoms with Gasteiger partial charge in [0.15, 0.2) is 11.2 Å². The quantitative estimate of drug-likeness (QED) is 0.272. The Bertz CT molecular complexity index is 521. The predicted octanol–water partition coefficient (Wildman–Crippen LogP) is 2.62. The Kier molecular flexibility index (Phi) is 10.8. The molecule has 0 atom stereocenters. The molecule has 26 heavy (non-hydrogen) atoms. The second-order valence-electron chi connectivity index (χ2n) is 5.36. The first-order valence-electron chi connectivity index (χ1n) is 7.54. The van der Waals surface area contributed by atoms with Crippen LogP contribution in [0.2, 0.25) is 0 Å². The van der Waals surface area contributed by atoms with Gasteiger partial charge in [-0.05, 0) is 63.5 Å². The van der Waals surface area contributed by atoms with Gasteiger partial charge in [0.25, 0.3) is 0 Å². The molecule has 0 aliphatic rings. The van der Waals surface area contributed by atoms with Crippen LogP contribution >= 0.6 is 0 Å². The molecule has 0 N–H and O–H groups in total. The number of ether oxygens (including phenoxy) is 2. The zero-order valence-electron chi connectivity index (χ0n) is 15.5. The summed E-state index contributed by atoms with van der Waals surface area (Å²) in [4.78, 5) is 39.8. The molecule has 0 unspecified atom stereocenters. The molecule has 0 rings (SSSR count). The number of hydrogen-bond acceptors (Lipinski definition) is 10. The van der Waals surface area contributed by atoms with E-state index in [1.54, 1.807) is 41.5 Å². The van der Waals surface area contributed by atoms with Gasteiger partial charge in [-0.25, -0.2) is 19.4 Å². The van der Waals surface area contributed by atoms with Crippen LogP contribution in [0.3, 0.4) is 0 Å². The summed E-state index contributed by atoms with van der Waals surface area (Å²) in [5.74, 6) is 10.3. The molecule has 0 bridgehead atoms. The van der Waals surface area contributed by atoms with Gasteiger partial charge in [-0.15, -0.1) is 0 Å². The number of carbonyl (C=O) groups excluding carboxylic acids is 2. The van der Waals surface area contributed by atoms with Crippen molar-refractivity contribution in [3.8, 4) is 23.7 Å². The molecule has 0 spiro atoms. The van der Waals surface area contributed by atoms with Crippen molar-refractivity contribution in [2.24, 2.45) is 0 Å². The van der Waals surface area contributed by atoms with Gasteiger partial charge in [-0.2, -0.15) is 9.78 Å². The standard InChI is InChI=1S/C16H22O10/c1-7-19-13(17)21-25-23-15(3,4)11-9-10-12-16(5,6)24-26-22-14(18)20-8-2/h7-8H2,1-6H3. The van der Waals surface area contributed by atoms with Crippen LogP contribution in [0.4, 0.5) is 9.59 Å². The Labute approximate surface area is 151 Å². The van der Waals surface area contributed by atoms with E-state index in [0.29, 0.717) is 0 Å². The monoisotopic (exact) mass is 374 g/mol. The first kappa shape index (κ1) is 23.5. The molecular weight excluding hydrogens is 352 g/mol. The molecule has 0 aliphatic heterocycles. The summed E-state index contributed by atoms with van der Waals surface area (Å²) in [7, 11) is 0. The van der Waals surface area contributed by atoms with Crippen LogP contribution in [0.1, 0.15) is 41.5 Å². The Morgan fingerprint density at radius 3 is 1.38 bits per heavy atom. The highest BCUT2D eigenvalue weighted by molar-refractivity contribution is 5.59. The lowest BCUT2D eigenvalue weighted by Gasteiger charge is -2.14. The fourth-order valence-corrected chi connectivity index (χ4v) is 0.949.